The van der Waals surface area contributed by atoms with Gasteiger partial charge in [-0.2, -0.15) is 5.10 Å². The normalized spacial score (nSPS) is 11.2. The summed E-state index contributed by atoms with van der Waals surface area (Å²) < 4.78 is 3.00. The molecule has 0 aromatic carbocycles. The lowest BCUT2D eigenvalue weighted by molar-refractivity contribution is -0.122. The van der Waals surface area contributed by atoms with E-state index in [-0.39, 0.29) is 30.0 Å². The van der Waals surface area contributed by atoms with Gasteiger partial charge in [-0.1, -0.05) is 0 Å². The van der Waals surface area contributed by atoms with Crippen LogP contribution in [-0.4, -0.2) is 37.2 Å². The third-order valence-corrected chi connectivity index (χ3v) is 4.87. The predicted molar refractivity (Wildman–Crippen MR) is 115 cm³/mol. The zero-order chi connectivity index (χ0) is 22.2. The Labute approximate surface area is 174 Å². The highest BCUT2D eigenvalue weighted by molar-refractivity contribution is 6.06. The molecule has 9 nitrogen and oxygen atoms in total. The van der Waals surface area contributed by atoms with Crippen LogP contribution in [0.1, 0.15) is 41.2 Å². The molecule has 0 spiro atoms. The Morgan fingerprint density at radius 1 is 1.17 bits per heavy atom. The number of anilines is 1. The summed E-state index contributed by atoms with van der Waals surface area (Å²) >= 11 is 0. The lowest BCUT2D eigenvalue weighted by Crippen LogP contribution is -2.37. The van der Waals surface area contributed by atoms with Crippen molar-refractivity contribution in [3.8, 4) is 0 Å². The summed E-state index contributed by atoms with van der Waals surface area (Å²) in [6.07, 6.45) is 1.57. The molecule has 0 aliphatic heterocycles. The van der Waals surface area contributed by atoms with Crippen molar-refractivity contribution in [3.05, 3.63) is 51.2 Å². The Bertz CT molecular complexity index is 1210. The van der Waals surface area contributed by atoms with Crippen LogP contribution in [0.25, 0.3) is 11.0 Å². The van der Waals surface area contributed by atoms with Crippen LogP contribution in [0, 0.1) is 20.8 Å². The van der Waals surface area contributed by atoms with Crippen molar-refractivity contribution in [2.75, 3.05) is 5.32 Å². The van der Waals surface area contributed by atoms with Gasteiger partial charge in [0.2, 0.25) is 5.91 Å². The van der Waals surface area contributed by atoms with Crippen molar-refractivity contribution in [1.82, 2.24) is 24.6 Å². The molecule has 3 heterocycles. The molecule has 9 heteroatoms. The fraction of sp³-hybridized carbons (Fsp3) is 0.381. The van der Waals surface area contributed by atoms with Gasteiger partial charge in [-0.3, -0.25) is 19.1 Å². The smallest absolute Gasteiger partial charge is 0.257 e. The van der Waals surface area contributed by atoms with E-state index in [4.69, 9.17) is 0 Å². The maximum Gasteiger partial charge on any atom is 0.257 e. The van der Waals surface area contributed by atoms with Crippen LogP contribution < -0.4 is 16.2 Å². The molecule has 0 fully saturated rings. The highest BCUT2D eigenvalue weighted by atomic mass is 16.2. The molecular weight excluding hydrogens is 384 g/mol. The summed E-state index contributed by atoms with van der Waals surface area (Å²) in [5, 5.41) is 10.8. The average molecular weight is 410 g/mol. The molecule has 30 heavy (non-hydrogen) atoms. The molecule has 2 N–H and O–H groups in total. The van der Waals surface area contributed by atoms with Crippen molar-refractivity contribution in [1.29, 1.82) is 0 Å². The maximum atomic E-state index is 13.0. The second-order valence-corrected chi connectivity index (χ2v) is 7.69. The van der Waals surface area contributed by atoms with E-state index in [1.165, 1.54) is 10.6 Å². The minimum atomic E-state index is -0.370. The molecule has 0 unspecified atom stereocenters. The van der Waals surface area contributed by atoms with Crippen molar-refractivity contribution in [2.24, 2.45) is 7.05 Å². The molecule has 2 amide bonds. The van der Waals surface area contributed by atoms with Crippen LogP contribution in [-0.2, 0) is 18.4 Å². The number of aromatic nitrogens is 4. The Morgan fingerprint density at radius 3 is 2.53 bits per heavy atom. The summed E-state index contributed by atoms with van der Waals surface area (Å²) in [6, 6.07) is 3.15. The van der Waals surface area contributed by atoms with Crippen LogP contribution in [0.4, 0.5) is 5.69 Å². The predicted octanol–water partition coefficient (Wildman–Crippen LogP) is 1.83. The van der Waals surface area contributed by atoms with Crippen molar-refractivity contribution < 1.29 is 9.59 Å². The SMILES string of the molecule is Cc1cc(=O)n(CC(=O)NC(C)C)c(C)c1C(=O)Nc1cnc2c(c1)c(C)nn2C. The number of aryl methyl sites for hydroxylation is 3. The molecule has 0 aliphatic rings. The minimum absolute atomic E-state index is 0.0416. The molecular formula is C21H26N6O3. The first-order chi connectivity index (χ1) is 14.1. The molecule has 0 bridgehead atoms. The van der Waals surface area contributed by atoms with Crippen LogP contribution in [0.3, 0.4) is 0 Å². The Hall–Kier alpha value is -3.49. The third kappa shape index (κ3) is 4.10. The van der Waals surface area contributed by atoms with Gasteiger partial charge in [0, 0.05) is 30.2 Å². The zero-order valence-corrected chi connectivity index (χ0v) is 18.0. The van der Waals surface area contributed by atoms with Gasteiger partial charge in [0.15, 0.2) is 5.65 Å². The number of rotatable bonds is 5. The van der Waals surface area contributed by atoms with E-state index >= 15 is 0 Å². The molecule has 0 atom stereocenters. The van der Waals surface area contributed by atoms with Crippen LogP contribution in [0.2, 0.25) is 0 Å². The number of nitrogens with one attached hydrogen (secondary N) is 2. The standard InChI is InChI=1S/C21H26N6O3/c1-11(2)23-17(28)10-27-14(5)19(12(3)7-18(27)29)21(30)24-15-8-16-13(4)25-26(6)20(16)22-9-15/h7-9,11H,10H2,1-6H3,(H,23,28)(H,24,30). The molecule has 0 saturated carbocycles. The lowest BCUT2D eigenvalue weighted by atomic mass is 10.1. The van der Waals surface area contributed by atoms with Crippen molar-refractivity contribution in [2.45, 2.75) is 47.2 Å². The number of hydrogen-bond acceptors (Lipinski definition) is 5. The van der Waals surface area contributed by atoms with Crippen molar-refractivity contribution >= 4 is 28.5 Å². The average Bonchev–Trinajstić information content (AvgIpc) is 2.91. The molecule has 0 radical (unpaired) electrons. The monoisotopic (exact) mass is 410 g/mol. The van der Waals surface area contributed by atoms with E-state index in [9.17, 15) is 14.4 Å². The molecule has 3 aromatic heterocycles. The Morgan fingerprint density at radius 2 is 1.87 bits per heavy atom. The zero-order valence-electron chi connectivity index (χ0n) is 18.0. The second-order valence-electron chi connectivity index (χ2n) is 7.69. The quantitative estimate of drug-likeness (QED) is 0.667. The third-order valence-electron chi connectivity index (χ3n) is 4.87. The van der Waals surface area contributed by atoms with Gasteiger partial charge in [-0.25, -0.2) is 4.98 Å². The van der Waals surface area contributed by atoms with E-state index in [0.29, 0.717) is 22.5 Å². The summed E-state index contributed by atoms with van der Waals surface area (Å²) in [5.41, 5.74) is 3.07. The number of amides is 2. The van der Waals surface area contributed by atoms with E-state index in [1.54, 1.807) is 24.7 Å². The molecule has 3 aromatic rings. The first-order valence-electron chi connectivity index (χ1n) is 9.69. The molecule has 0 aliphatic carbocycles. The number of fused-ring (bicyclic) bond motifs is 1. The second kappa shape index (κ2) is 8.10. The van der Waals surface area contributed by atoms with Gasteiger partial charge in [0.25, 0.3) is 11.5 Å². The first kappa shape index (κ1) is 21.2. The summed E-state index contributed by atoms with van der Waals surface area (Å²) in [6.45, 7) is 8.79. The number of hydrogen-bond donors (Lipinski definition) is 2. The van der Waals surface area contributed by atoms with E-state index < -0.39 is 0 Å². The highest BCUT2D eigenvalue weighted by Crippen LogP contribution is 2.21. The molecule has 158 valence electrons. The largest absolute Gasteiger partial charge is 0.352 e. The van der Waals surface area contributed by atoms with E-state index in [2.05, 4.69) is 20.7 Å². The van der Waals surface area contributed by atoms with Gasteiger partial charge in [0.1, 0.15) is 6.54 Å². The summed E-state index contributed by atoms with van der Waals surface area (Å²) in [5.74, 6) is -0.655. The fourth-order valence-corrected chi connectivity index (χ4v) is 3.54. The van der Waals surface area contributed by atoms with Gasteiger partial charge in [0.05, 0.1) is 23.1 Å². The van der Waals surface area contributed by atoms with Crippen molar-refractivity contribution in [3.63, 3.8) is 0 Å². The lowest BCUT2D eigenvalue weighted by Gasteiger charge is -2.17. The van der Waals surface area contributed by atoms with Gasteiger partial charge >= 0.3 is 0 Å². The van der Waals surface area contributed by atoms with Crippen LogP contribution >= 0.6 is 0 Å². The fourth-order valence-electron chi connectivity index (χ4n) is 3.54. The maximum absolute atomic E-state index is 13.0. The number of carbonyl (C=O) groups is 2. The van der Waals surface area contributed by atoms with E-state index in [1.807, 2.05) is 33.9 Å². The number of carbonyl (C=O) groups excluding carboxylic acids is 2. The first-order valence-corrected chi connectivity index (χ1v) is 9.69. The summed E-state index contributed by atoms with van der Waals surface area (Å²) in [7, 11) is 1.81. The van der Waals surface area contributed by atoms with Gasteiger partial charge in [-0.15, -0.1) is 0 Å². The topological polar surface area (TPSA) is 111 Å². The van der Waals surface area contributed by atoms with Gasteiger partial charge in [-0.05, 0) is 46.2 Å². The van der Waals surface area contributed by atoms with Crippen LogP contribution in [0.15, 0.2) is 23.1 Å². The summed E-state index contributed by atoms with van der Waals surface area (Å²) in [4.78, 5) is 42.0. The van der Waals surface area contributed by atoms with Crippen LogP contribution in [0.5, 0.6) is 0 Å². The highest BCUT2D eigenvalue weighted by Gasteiger charge is 2.19. The van der Waals surface area contributed by atoms with Gasteiger partial charge < -0.3 is 15.2 Å². The Kier molecular flexibility index (Phi) is 5.73. The minimum Gasteiger partial charge on any atom is -0.352 e. The molecule has 0 saturated heterocycles. The number of pyridine rings is 2. The molecule has 3 rings (SSSR count). The number of nitrogens with zero attached hydrogens (tertiary/aromatic N) is 4. The Balaban J connectivity index is 1.94. The van der Waals surface area contributed by atoms with E-state index in [0.717, 1.165) is 16.7 Å².